The Bertz CT molecular complexity index is 1440. The van der Waals surface area contributed by atoms with Crippen LogP contribution in [0.4, 0.5) is 5.69 Å². The number of hydrogen-bond acceptors (Lipinski definition) is 8. The summed E-state index contributed by atoms with van der Waals surface area (Å²) in [6.45, 7) is 7.64. The van der Waals surface area contributed by atoms with E-state index in [2.05, 4.69) is 42.1 Å². The standard InChI is InChI=1S/C31H39N5O4SSi/c1-35(2)39-40-41-27-14-11-23(12-15-27)25-13-16-29(28(19-25)24-9-7-6-8-10-24)34-31(37)30-33-26(20-32)21-36(30)22-38-17-18-42(3,4)5/h9,11-16,19,21H,6-8,10,17-18,22H2,1-5H3,(H,34,37). The summed E-state index contributed by atoms with van der Waals surface area (Å²) in [4.78, 5) is 23.7. The molecule has 0 spiro atoms. The van der Waals surface area contributed by atoms with Crippen molar-refractivity contribution < 1.29 is 18.9 Å². The van der Waals surface area contributed by atoms with Gasteiger partial charge < -0.3 is 14.6 Å². The van der Waals surface area contributed by atoms with Crippen molar-refractivity contribution in [3.8, 4) is 17.2 Å². The second-order valence-corrected chi connectivity index (χ2v) is 18.0. The molecule has 11 heteroatoms. The van der Waals surface area contributed by atoms with E-state index in [9.17, 15) is 10.1 Å². The number of nitrogens with one attached hydrogen (secondary N) is 1. The number of imidazole rings is 1. The summed E-state index contributed by atoms with van der Waals surface area (Å²) < 4.78 is 12.6. The van der Waals surface area contributed by atoms with E-state index in [4.69, 9.17) is 14.1 Å². The summed E-state index contributed by atoms with van der Waals surface area (Å²) in [7, 11) is 2.25. The molecule has 1 N–H and O–H groups in total. The molecule has 1 heterocycles. The van der Waals surface area contributed by atoms with E-state index in [1.165, 1.54) is 10.6 Å². The van der Waals surface area contributed by atoms with E-state index in [-0.39, 0.29) is 24.2 Å². The molecule has 3 aromatic rings. The lowest BCUT2D eigenvalue weighted by Crippen LogP contribution is -2.23. The van der Waals surface area contributed by atoms with E-state index >= 15 is 0 Å². The molecule has 0 radical (unpaired) electrons. The van der Waals surface area contributed by atoms with Crippen molar-refractivity contribution in [3.63, 3.8) is 0 Å². The molecule has 1 aliphatic carbocycles. The number of aromatic nitrogens is 2. The third-order valence-electron chi connectivity index (χ3n) is 6.72. The van der Waals surface area contributed by atoms with Crippen LogP contribution in [0.1, 0.15) is 47.6 Å². The molecule has 2 aromatic carbocycles. The van der Waals surface area contributed by atoms with Crippen LogP contribution in [0, 0.1) is 11.3 Å². The quantitative estimate of drug-likeness (QED) is 0.0708. The lowest BCUT2D eigenvalue weighted by molar-refractivity contribution is -0.340. The zero-order chi connectivity index (χ0) is 30.1. The molecular formula is C31H39N5O4SSi. The average molecular weight is 606 g/mol. The van der Waals surface area contributed by atoms with Crippen LogP contribution in [0.15, 0.2) is 59.6 Å². The van der Waals surface area contributed by atoms with Gasteiger partial charge in [-0.05, 0) is 72.7 Å². The van der Waals surface area contributed by atoms with Gasteiger partial charge in [-0.2, -0.15) is 10.3 Å². The van der Waals surface area contributed by atoms with E-state index in [1.54, 1.807) is 24.9 Å². The van der Waals surface area contributed by atoms with Gasteiger partial charge in [-0.1, -0.05) is 43.9 Å². The monoisotopic (exact) mass is 605 g/mol. The summed E-state index contributed by atoms with van der Waals surface area (Å²) in [5.41, 5.74) is 5.20. The molecule has 0 fully saturated rings. The Kier molecular flexibility index (Phi) is 11.1. The summed E-state index contributed by atoms with van der Waals surface area (Å²) in [5, 5.41) is 14.0. The number of rotatable bonds is 13. The van der Waals surface area contributed by atoms with Gasteiger partial charge >= 0.3 is 0 Å². The van der Waals surface area contributed by atoms with Crippen molar-refractivity contribution in [1.29, 1.82) is 5.26 Å². The van der Waals surface area contributed by atoms with E-state index < -0.39 is 8.07 Å². The highest BCUT2D eigenvalue weighted by atomic mass is 32.2. The van der Waals surface area contributed by atoms with Gasteiger partial charge in [0, 0.05) is 51.1 Å². The predicted octanol–water partition coefficient (Wildman–Crippen LogP) is 7.38. The molecule has 4 rings (SSSR count). The highest BCUT2D eigenvalue weighted by Crippen LogP contribution is 2.35. The Morgan fingerprint density at radius 2 is 1.90 bits per heavy atom. The van der Waals surface area contributed by atoms with Crippen molar-refractivity contribution in [1.82, 2.24) is 14.6 Å². The van der Waals surface area contributed by atoms with Gasteiger partial charge in [0.1, 0.15) is 12.8 Å². The zero-order valence-electron chi connectivity index (χ0n) is 25.0. The van der Waals surface area contributed by atoms with Crippen LogP contribution in [-0.4, -0.2) is 49.3 Å². The largest absolute Gasteiger partial charge is 0.361 e. The van der Waals surface area contributed by atoms with Crippen LogP contribution in [0.5, 0.6) is 0 Å². The van der Waals surface area contributed by atoms with Crippen molar-refractivity contribution in [2.24, 2.45) is 0 Å². The molecule has 1 aromatic heterocycles. The Morgan fingerprint density at radius 3 is 2.57 bits per heavy atom. The van der Waals surface area contributed by atoms with Crippen LogP contribution >= 0.6 is 12.0 Å². The SMILES string of the molecule is CN(C)OOSc1ccc(-c2ccc(NC(=O)c3nc(C#N)cn3COCC[Si](C)(C)C)c(C3=CCCCC3)c2)cc1. The lowest BCUT2D eigenvalue weighted by Gasteiger charge is -2.19. The van der Waals surface area contributed by atoms with Crippen molar-refractivity contribution in [2.45, 2.75) is 63.0 Å². The Balaban J connectivity index is 1.55. The fourth-order valence-electron chi connectivity index (χ4n) is 4.47. The second kappa shape index (κ2) is 14.8. The molecule has 0 atom stereocenters. The second-order valence-electron chi connectivity index (χ2n) is 11.6. The van der Waals surface area contributed by atoms with Crippen molar-refractivity contribution in [3.05, 3.63) is 71.8 Å². The number of anilines is 1. The smallest absolute Gasteiger partial charge is 0.291 e. The first kappa shape index (κ1) is 31.7. The molecule has 0 saturated carbocycles. The molecule has 0 unspecified atom stereocenters. The molecule has 222 valence electrons. The molecule has 0 bridgehead atoms. The first-order chi connectivity index (χ1) is 20.1. The first-order valence-electron chi connectivity index (χ1n) is 14.1. The number of carbonyl (C=O) groups excluding carboxylic acids is 1. The van der Waals surface area contributed by atoms with Gasteiger partial charge in [0.15, 0.2) is 5.69 Å². The Labute approximate surface area is 253 Å². The van der Waals surface area contributed by atoms with Gasteiger partial charge in [0.05, 0.1) is 12.0 Å². The normalized spacial score (nSPS) is 13.6. The van der Waals surface area contributed by atoms with Crippen LogP contribution in [0.2, 0.25) is 25.7 Å². The van der Waals surface area contributed by atoms with Crippen molar-refractivity contribution >= 4 is 37.3 Å². The zero-order valence-corrected chi connectivity index (χ0v) is 26.8. The summed E-state index contributed by atoms with van der Waals surface area (Å²) in [6.07, 6.45) is 8.06. The summed E-state index contributed by atoms with van der Waals surface area (Å²) >= 11 is 1.14. The number of hydroxylamine groups is 2. The summed E-state index contributed by atoms with van der Waals surface area (Å²) in [6, 6.07) is 17.2. The Morgan fingerprint density at radius 1 is 1.14 bits per heavy atom. The van der Waals surface area contributed by atoms with Crippen LogP contribution in [-0.2, 0) is 20.8 Å². The van der Waals surface area contributed by atoms with E-state index in [1.807, 2.05) is 42.5 Å². The maximum absolute atomic E-state index is 13.5. The number of amides is 1. The lowest BCUT2D eigenvalue weighted by atomic mass is 9.90. The minimum absolute atomic E-state index is 0.153. The number of nitrogens with zero attached hydrogens (tertiary/aromatic N) is 4. The topological polar surface area (TPSA) is 102 Å². The minimum Gasteiger partial charge on any atom is -0.361 e. The number of allylic oxidation sites excluding steroid dienone is 2. The van der Waals surface area contributed by atoms with Gasteiger partial charge in [0.2, 0.25) is 5.82 Å². The number of ether oxygens (including phenoxy) is 1. The maximum Gasteiger partial charge on any atom is 0.291 e. The van der Waals surface area contributed by atoms with Crippen molar-refractivity contribution in [2.75, 3.05) is 26.0 Å². The van der Waals surface area contributed by atoms with Gasteiger partial charge in [-0.3, -0.25) is 4.79 Å². The molecule has 42 heavy (non-hydrogen) atoms. The molecule has 1 aliphatic rings. The molecule has 1 amide bonds. The van der Waals surface area contributed by atoms with Gasteiger partial charge in [-0.15, -0.1) is 9.32 Å². The molecule has 0 saturated heterocycles. The third-order valence-corrected chi connectivity index (χ3v) is 9.02. The maximum atomic E-state index is 13.5. The van der Waals surface area contributed by atoms with Crippen LogP contribution in [0.25, 0.3) is 16.7 Å². The molecule has 0 aliphatic heterocycles. The fourth-order valence-corrected chi connectivity index (χ4v) is 5.70. The summed E-state index contributed by atoms with van der Waals surface area (Å²) in [5.74, 6) is -0.224. The number of nitriles is 1. The number of benzene rings is 2. The fraction of sp³-hybridized carbons (Fsp3) is 0.387. The first-order valence-corrected chi connectivity index (χ1v) is 18.6. The third kappa shape index (κ3) is 9.13. The minimum atomic E-state index is -1.25. The van der Waals surface area contributed by atoms with E-state index in [0.717, 1.165) is 65.4 Å². The van der Waals surface area contributed by atoms with Gasteiger partial charge in [-0.25, -0.2) is 4.98 Å². The highest BCUT2D eigenvalue weighted by molar-refractivity contribution is 7.94. The van der Waals surface area contributed by atoms with Crippen LogP contribution < -0.4 is 5.32 Å². The Hall–Kier alpha value is -3.24. The number of carbonyl (C=O) groups is 1. The van der Waals surface area contributed by atoms with Crippen LogP contribution in [0.3, 0.4) is 0 Å². The van der Waals surface area contributed by atoms with Gasteiger partial charge in [0.25, 0.3) is 5.91 Å². The molecule has 9 nitrogen and oxygen atoms in total. The molecular weight excluding hydrogens is 567 g/mol. The van der Waals surface area contributed by atoms with E-state index in [0.29, 0.717) is 12.3 Å². The number of hydrogen-bond donors (Lipinski definition) is 1. The predicted molar refractivity (Wildman–Crippen MR) is 169 cm³/mol. The average Bonchev–Trinajstić information content (AvgIpc) is 3.39. The highest BCUT2D eigenvalue weighted by Gasteiger charge is 2.20.